The zero-order chi connectivity index (χ0) is 18.0. The van der Waals surface area contributed by atoms with Crippen molar-refractivity contribution in [3.8, 4) is 0 Å². The van der Waals surface area contributed by atoms with Crippen molar-refractivity contribution in [2.75, 3.05) is 19.3 Å². The standard InChI is InChI=1S/C16H23FN2O4S/c1-12(18-24(2,22)23)15(20)19-9-7-16(21,8-10-19)11-13-5-3-4-6-14(13)17/h3-6,12,18,21H,7-11H2,1-2H3. The fourth-order valence-corrected chi connectivity index (χ4v) is 3.70. The minimum atomic E-state index is -3.46. The van der Waals surface area contributed by atoms with Gasteiger partial charge in [-0.05, 0) is 31.4 Å². The molecule has 0 spiro atoms. The molecule has 1 aromatic rings. The predicted molar refractivity (Wildman–Crippen MR) is 88.3 cm³/mol. The van der Waals surface area contributed by atoms with E-state index in [2.05, 4.69) is 4.72 Å². The summed E-state index contributed by atoms with van der Waals surface area (Å²) in [6.07, 6.45) is 1.83. The van der Waals surface area contributed by atoms with Gasteiger partial charge in [-0.25, -0.2) is 17.5 Å². The van der Waals surface area contributed by atoms with E-state index in [0.717, 1.165) is 6.26 Å². The minimum absolute atomic E-state index is 0.193. The zero-order valence-corrected chi connectivity index (χ0v) is 14.6. The molecule has 1 heterocycles. The van der Waals surface area contributed by atoms with Crippen LogP contribution >= 0.6 is 0 Å². The second-order valence-corrected chi connectivity index (χ2v) is 8.21. The van der Waals surface area contributed by atoms with Gasteiger partial charge >= 0.3 is 0 Å². The second-order valence-electron chi connectivity index (χ2n) is 6.43. The van der Waals surface area contributed by atoms with Crippen molar-refractivity contribution in [2.45, 2.75) is 37.8 Å². The number of hydrogen-bond donors (Lipinski definition) is 2. The van der Waals surface area contributed by atoms with Gasteiger partial charge in [-0.1, -0.05) is 18.2 Å². The Morgan fingerprint density at radius 2 is 1.96 bits per heavy atom. The summed E-state index contributed by atoms with van der Waals surface area (Å²) >= 11 is 0. The topological polar surface area (TPSA) is 86.7 Å². The van der Waals surface area contributed by atoms with Crippen LogP contribution in [0.2, 0.25) is 0 Å². The molecule has 8 heteroatoms. The molecule has 1 saturated heterocycles. The van der Waals surface area contributed by atoms with E-state index in [1.54, 1.807) is 18.2 Å². The number of amides is 1. The summed E-state index contributed by atoms with van der Waals surface area (Å²) in [5.74, 6) is -0.677. The van der Waals surface area contributed by atoms with E-state index in [1.807, 2.05) is 0 Å². The monoisotopic (exact) mass is 358 g/mol. The lowest BCUT2D eigenvalue weighted by molar-refractivity contribution is -0.136. The molecule has 1 fully saturated rings. The molecule has 1 unspecified atom stereocenters. The van der Waals surface area contributed by atoms with Gasteiger partial charge in [0.15, 0.2) is 0 Å². The van der Waals surface area contributed by atoms with Crippen LogP contribution in [-0.4, -0.2) is 55.3 Å². The maximum atomic E-state index is 13.7. The van der Waals surface area contributed by atoms with E-state index in [1.165, 1.54) is 17.9 Å². The Morgan fingerprint density at radius 1 is 1.38 bits per heavy atom. The van der Waals surface area contributed by atoms with Gasteiger partial charge in [0.1, 0.15) is 5.82 Å². The van der Waals surface area contributed by atoms with Crippen LogP contribution in [0, 0.1) is 5.82 Å². The van der Waals surface area contributed by atoms with Crippen LogP contribution in [0.5, 0.6) is 0 Å². The Bertz CT molecular complexity index is 700. The maximum absolute atomic E-state index is 13.7. The van der Waals surface area contributed by atoms with E-state index in [0.29, 0.717) is 31.5 Å². The van der Waals surface area contributed by atoms with Crippen molar-refractivity contribution in [3.63, 3.8) is 0 Å². The molecule has 0 bridgehead atoms. The van der Waals surface area contributed by atoms with Crippen molar-refractivity contribution < 1.29 is 22.7 Å². The van der Waals surface area contributed by atoms with Crippen molar-refractivity contribution >= 4 is 15.9 Å². The van der Waals surface area contributed by atoms with Gasteiger partial charge in [0.05, 0.1) is 17.9 Å². The van der Waals surface area contributed by atoms with Gasteiger partial charge in [0.25, 0.3) is 0 Å². The molecule has 1 aliphatic rings. The summed E-state index contributed by atoms with van der Waals surface area (Å²) in [7, 11) is -3.46. The predicted octanol–water partition coefficient (Wildman–Crippen LogP) is 0.659. The zero-order valence-electron chi connectivity index (χ0n) is 13.8. The molecule has 2 rings (SSSR count). The van der Waals surface area contributed by atoms with Gasteiger partial charge in [0, 0.05) is 19.5 Å². The molecule has 134 valence electrons. The van der Waals surface area contributed by atoms with E-state index >= 15 is 0 Å². The first kappa shape index (κ1) is 18.8. The van der Waals surface area contributed by atoms with Crippen LogP contribution < -0.4 is 4.72 Å². The minimum Gasteiger partial charge on any atom is -0.389 e. The molecular weight excluding hydrogens is 335 g/mol. The fourth-order valence-electron chi connectivity index (χ4n) is 2.96. The lowest BCUT2D eigenvalue weighted by atomic mass is 9.85. The van der Waals surface area contributed by atoms with E-state index in [9.17, 15) is 22.7 Å². The Balaban J connectivity index is 1.95. The van der Waals surface area contributed by atoms with Crippen molar-refractivity contribution in [3.05, 3.63) is 35.6 Å². The van der Waals surface area contributed by atoms with E-state index < -0.39 is 21.7 Å². The smallest absolute Gasteiger partial charge is 0.240 e. The van der Waals surface area contributed by atoms with Crippen LogP contribution in [0.3, 0.4) is 0 Å². The van der Waals surface area contributed by atoms with Crippen LogP contribution in [0.25, 0.3) is 0 Å². The number of aliphatic hydroxyl groups is 1. The lowest BCUT2D eigenvalue weighted by Crippen LogP contribution is -2.53. The molecule has 0 saturated carbocycles. The molecule has 6 nitrogen and oxygen atoms in total. The molecule has 1 atom stereocenters. The van der Waals surface area contributed by atoms with Crippen LogP contribution in [0.1, 0.15) is 25.3 Å². The molecule has 1 aromatic carbocycles. The summed E-state index contributed by atoms with van der Waals surface area (Å²) in [5.41, 5.74) is -0.612. The molecule has 0 aliphatic carbocycles. The molecule has 24 heavy (non-hydrogen) atoms. The van der Waals surface area contributed by atoms with Gasteiger partial charge in [-0.3, -0.25) is 4.79 Å². The maximum Gasteiger partial charge on any atom is 0.240 e. The highest BCUT2D eigenvalue weighted by Crippen LogP contribution is 2.27. The number of rotatable bonds is 5. The van der Waals surface area contributed by atoms with Crippen LogP contribution in [0.4, 0.5) is 4.39 Å². The first-order valence-electron chi connectivity index (χ1n) is 7.81. The Hall–Kier alpha value is -1.51. The van der Waals surface area contributed by atoms with Crippen LogP contribution in [-0.2, 0) is 21.2 Å². The summed E-state index contributed by atoms with van der Waals surface area (Å²) in [6, 6.07) is 5.47. The highest BCUT2D eigenvalue weighted by molar-refractivity contribution is 7.88. The number of carbonyl (C=O) groups excluding carboxylic acids is 1. The van der Waals surface area contributed by atoms with Crippen molar-refractivity contribution in [1.29, 1.82) is 0 Å². The number of benzene rings is 1. The number of nitrogens with zero attached hydrogens (tertiary/aromatic N) is 1. The Kier molecular flexibility index (Phi) is 5.62. The van der Waals surface area contributed by atoms with Gasteiger partial charge in [-0.15, -0.1) is 0 Å². The molecule has 0 aromatic heterocycles. The highest BCUT2D eigenvalue weighted by atomic mass is 32.2. The SMILES string of the molecule is CC(NS(C)(=O)=O)C(=O)N1CCC(O)(Cc2ccccc2F)CC1. The third kappa shape index (κ3) is 4.99. The third-order valence-electron chi connectivity index (χ3n) is 4.24. The Morgan fingerprint density at radius 3 is 2.50 bits per heavy atom. The number of sulfonamides is 1. The number of nitrogens with one attached hydrogen (secondary N) is 1. The first-order chi connectivity index (χ1) is 11.1. The quantitative estimate of drug-likeness (QED) is 0.810. The summed E-state index contributed by atoms with van der Waals surface area (Å²) in [6.45, 7) is 2.10. The number of carbonyl (C=O) groups is 1. The van der Waals surface area contributed by atoms with Gasteiger partial charge < -0.3 is 10.0 Å². The van der Waals surface area contributed by atoms with E-state index in [4.69, 9.17) is 0 Å². The average molecular weight is 358 g/mol. The molecule has 1 aliphatic heterocycles. The number of likely N-dealkylation sites (tertiary alicyclic amines) is 1. The van der Waals surface area contributed by atoms with E-state index in [-0.39, 0.29) is 18.1 Å². The summed E-state index contributed by atoms with van der Waals surface area (Å²) in [4.78, 5) is 13.8. The number of halogens is 1. The summed E-state index contributed by atoms with van der Waals surface area (Å²) < 4.78 is 38.4. The third-order valence-corrected chi connectivity index (χ3v) is 5.03. The first-order valence-corrected chi connectivity index (χ1v) is 9.71. The molecule has 2 N–H and O–H groups in total. The van der Waals surface area contributed by atoms with Crippen LogP contribution in [0.15, 0.2) is 24.3 Å². The van der Waals surface area contributed by atoms with Gasteiger partial charge in [0.2, 0.25) is 15.9 Å². The fraction of sp³-hybridized carbons (Fsp3) is 0.562. The number of hydrogen-bond acceptors (Lipinski definition) is 4. The summed E-state index contributed by atoms with van der Waals surface area (Å²) in [5, 5.41) is 10.7. The lowest BCUT2D eigenvalue weighted by Gasteiger charge is -2.39. The Labute approximate surface area is 141 Å². The largest absolute Gasteiger partial charge is 0.389 e. The van der Waals surface area contributed by atoms with Crippen molar-refractivity contribution in [2.24, 2.45) is 0 Å². The molecule has 1 amide bonds. The second kappa shape index (κ2) is 7.16. The molecular formula is C16H23FN2O4S. The highest BCUT2D eigenvalue weighted by Gasteiger charge is 2.35. The van der Waals surface area contributed by atoms with Gasteiger partial charge in [-0.2, -0.15) is 0 Å². The average Bonchev–Trinajstić information content (AvgIpc) is 2.48. The normalized spacial score (nSPS) is 19.1. The molecule has 0 radical (unpaired) electrons. The number of piperidine rings is 1. The van der Waals surface area contributed by atoms with Crippen molar-refractivity contribution in [1.82, 2.24) is 9.62 Å².